The molecule has 226 valence electrons. The molecule has 0 radical (unpaired) electrons. The van der Waals surface area contributed by atoms with Crippen LogP contribution in [-0.4, -0.2) is 54.4 Å². The lowest BCUT2D eigenvalue weighted by molar-refractivity contribution is 0.0683. The first-order valence-electron chi connectivity index (χ1n) is 13.2. The number of hydrogen-bond donors (Lipinski definition) is 4. The molecule has 0 aliphatic carbocycles. The van der Waals surface area contributed by atoms with Crippen molar-refractivity contribution in [2.24, 2.45) is 10.5 Å². The van der Waals surface area contributed by atoms with Crippen LogP contribution in [0.1, 0.15) is 50.2 Å². The maximum Gasteiger partial charge on any atom is 0.408 e. The lowest BCUT2D eigenvalue weighted by atomic mass is 9.63. The van der Waals surface area contributed by atoms with Crippen LogP contribution in [0.4, 0.5) is 13.6 Å². The van der Waals surface area contributed by atoms with Crippen LogP contribution in [0.5, 0.6) is 0 Å². The number of nitriles is 1. The largest absolute Gasteiger partial charge is 0.430 e. The molecule has 4 N–H and O–H groups in total. The molecular weight excluding hydrogens is 593 g/mol. The zero-order valence-electron chi connectivity index (χ0n) is 23.0. The Balaban J connectivity index is 2.17. The highest BCUT2D eigenvalue weighted by Crippen LogP contribution is 2.53. The summed E-state index contributed by atoms with van der Waals surface area (Å²) in [5.41, 5.74) is 6.15. The first kappa shape index (κ1) is 33.3. The minimum Gasteiger partial charge on any atom is -0.430 e. The van der Waals surface area contributed by atoms with Gasteiger partial charge < -0.3 is 20.3 Å². The summed E-state index contributed by atoms with van der Waals surface area (Å²) < 4.78 is 37.1. The molecule has 14 heteroatoms. The van der Waals surface area contributed by atoms with Gasteiger partial charge in [-0.15, -0.1) is 0 Å². The van der Waals surface area contributed by atoms with E-state index in [1.54, 1.807) is 0 Å². The van der Waals surface area contributed by atoms with Crippen LogP contribution >= 0.6 is 23.2 Å². The number of aliphatic hydroxyl groups excluding tert-OH is 2. The van der Waals surface area contributed by atoms with Crippen molar-refractivity contribution < 1.29 is 28.5 Å². The first-order chi connectivity index (χ1) is 19.9. The van der Waals surface area contributed by atoms with E-state index in [0.717, 1.165) is 6.07 Å². The minimum absolute atomic E-state index is 0.0379. The van der Waals surface area contributed by atoms with Gasteiger partial charge in [-0.05, 0) is 54.0 Å². The number of ether oxygens (including phenoxy) is 1. The van der Waals surface area contributed by atoms with Crippen molar-refractivity contribution in [2.45, 2.75) is 62.8 Å². The molecule has 0 aromatic heterocycles. The second kappa shape index (κ2) is 14.3. The standard InChI is InChI=1S/C28H32Cl2F2N6O4/c1-27(2,9-11-36-38-34)13-22-28(15-33,19-7-6-16(29)12-21(19)31)23(18-4-3-5-20(30)24(18)32)25(37-22)42-26(41)35-10-8-17(40)14-39/h3-7,12,17,22-23,25,37,39-40H,8-11,13-14H2,1-2H3,(H,35,41)/t17-,22-,23-,25+,28-/m0/s1. The van der Waals surface area contributed by atoms with E-state index in [9.17, 15) is 15.2 Å². The van der Waals surface area contributed by atoms with E-state index in [0.29, 0.717) is 6.42 Å². The van der Waals surface area contributed by atoms with E-state index in [-0.39, 0.29) is 47.1 Å². The number of alkyl carbamates (subject to hydrolysis) is 1. The van der Waals surface area contributed by atoms with Gasteiger partial charge in [0.2, 0.25) is 0 Å². The molecule has 0 saturated carbocycles. The van der Waals surface area contributed by atoms with E-state index in [1.807, 2.05) is 13.8 Å². The fraction of sp³-hybridized carbons (Fsp3) is 0.500. The summed E-state index contributed by atoms with van der Waals surface area (Å²) in [6, 6.07) is 9.37. The van der Waals surface area contributed by atoms with Crippen LogP contribution in [0.3, 0.4) is 0 Å². The van der Waals surface area contributed by atoms with E-state index >= 15 is 8.78 Å². The van der Waals surface area contributed by atoms with Gasteiger partial charge in [-0.25, -0.2) is 13.6 Å². The summed E-state index contributed by atoms with van der Waals surface area (Å²) in [6.07, 6.45) is -2.69. The number of carbonyl (C=O) groups is 1. The van der Waals surface area contributed by atoms with Crippen molar-refractivity contribution >= 4 is 29.3 Å². The summed E-state index contributed by atoms with van der Waals surface area (Å²) in [6.45, 7) is 3.38. The third kappa shape index (κ3) is 7.42. The van der Waals surface area contributed by atoms with Gasteiger partial charge in [0.05, 0.1) is 29.7 Å². The zero-order chi connectivity index (χ0) is 31.1. The quantitative estimate of drug-likeness (QED) is 0.134. The summed E-state index contributed by atoms with van der Waals surface area (Å²) in [5.74, 6) is -2.95. The van der Waals surface area contributed by atoms with Crippen LogP contribution in [0.15, 0.2) is 41.5 Å². The highest BCUT2D eigenvalue weighted by Gasteiger charge is 2.61. The number of nitrogens with zero attached hydrogens (tertiary/aromatic N) is 4. The number of azide groups is 1. The molecule has 1 fully saturated rings. The number of nitrogens with one attached hydrogen (secondary N) is 2. The van der Waals surface area contributed by atoms with Crippen molar-refractivity contribution in [3.05, 3.63) is 79.6 Å². The van der Waals surface area contributed by atoms with Gasteiger partial charge in [-0.1, -0.05) is 60.4 Å². The van der Waals surface area contributed by atoms with Crippen molar-refractivity contribution in [1.29, 1.82) is 5.26 Å². The van der Waals surface area contributed by atoms with Crippen LogP contribution < -0.4 is 10.6 Å². The predicted octanol–water partition coefficient (Wildman–Crippen LogP) is 5.70. The molecule has 1 aliphatic heterocycles. The number of aliphatic hydroxyl groups is 2. The van der Waals surface area contributed by atoms with Crippen molar-refractivity contribution in [3.8, 4) is 6.07 Å². The molecule has 1 amide bonds. The molecule has 0 unspecified atom stereocenters. The van der Waals surface area contributed by atoms with E-state index in [2.05, 4.69) is 26.7 Å². The molecule has 0 spiro atoms. The van der Waals surface area contributed by atoms with Crippen LogP contribution in [0.2, 0.25) is 10.0 Å². The second-order valence-electron chi connectivity index (χ2n) is 10.9. The molecule has 2 aromatic rings. The smallest absolute Gasteiger partial charge is 0.408 e. The predicted molar refractivity (Wildman–Crippen MR) is 153 cm³/mol. The molecule has 0 bridgehead atoms. The molecule has 1 saturated heterocycles. The van der Waals surface area contributed by atoms with Gasteiger partial charge in [0.25, 0.3) is 0 Å². The number of halogens is 4. The Morgan fingerprint density at radius 3 is 2.74 bits per heavy atom. The number of amides is 1. The molecule has 10 nitrogen and oxygen atoms in total. The van der Waals surface area contributed by atoms with Crippen molar-refractivity contribution in [1.82, 2.24) is 10.6 Å². The Morgan fingerprint density at radius 1 is 1.36 bits per heavy atom. The molecule has 1 heterocycles. The summed E-state index contributed by atoms with van der Waals surface area (Å²) >= 11 is 12.2. The number of benzene rings is 2. The highest BCUT2D eigenvalue weighted by atomic mass is 35.5. The zero-order valence-corrected chi connectivity index (χ0v) is 24.5. The molecule has 2 aromatic carbocycles. The Labute approximate surface area is 252 Å². The van der Waals surface area contributed by atoms with Gasteiger partial charge in [-0.3, -0.25) is 5.32 Å². The number of carbonyl (C=O) groups excluding carboxylic acids is 1. The Kier molecular flexibility index (Phi) is 11.4. The third-order valence-corrected chi connectivity index (χ3v) is 8.01. The molecular formula is C28H32Cl2F2N6O4. The van der Waals surface area contributed by atoms with Crippen LogP contribution in [0.25, 0.3) is 10.4 Å². The Bertz CT molecular complexity index is 1370. The fourth-order valence-electron chi connectivity index (χ4n) is 5.40. The second-order valence-corrected chi connectivity index (χ2v) is 11.7. The lowest BCUT2D eigenvalue weighted by Gasteiger charge is -2.38. The monoisotopic (exact) mass is 624 g/mol. The molecule has 1 aliphatic rings. The van der Waals surface area contributed by atoms with Crippen LogP contribution in [-0.2, 0) is 10.2 Å². The number of hydrogen-bond acceptors (Lipinski definition) is 7. The third-order valence-electron chi connectivity index (χ3n) is 7.49. The maximum atomic E-state index is 15.7. The van der Waals surface area contributed by atoms with Gasteiger partial charge in [0, 0.05) is 34.6 Å². The number of rotatable bonds is 12. The van der Waals surface area contributed by atoms with Crippen molar-refractivity contribution in [3.63, 3.8) is 0 Å². The molecule has 3 rings (SSSR count). The maximum absolute atomic E-state index is 15.7. The van der Waals surface area contributed by atoms with Gasteiger partial charge in [0.15, 0.2) is 6.23 Å². The van der Waals surface area contributed by atoms with Crippen molar-refractivity contribution in [2.75, 3.05) is 19.7 Å². The SMILES string of the molecule is CC(C)(CCN=[N+]=[N-])C[C@@H]1N[C@H](OC(=O)NCC[C@H](O)CO)[C@H](c2cccc(Cl)c2F)[C@@]1(C#N)c1ccc(Cl)cc1F. The first-order valence-corrected chi connectivity index (χ1v) is 14.0. The fourth-order valence-corrected chi connectivity index (χ4v) is 5.74. The average molecular weight is 626 g/mol. The normalized spacial score (nSPS) is 22.6. The summed E-state index contributed by atoms with van der Waals surface area (Å²) in [7, 11) is 0. The lowest BCUT2D eigenvalue weighted by Crippen LogP contribution is -2.45. The summed E-state index contributed by atoms with van der Waals surface area (Å²) in [4.78, 5) is 15.6. The highest BCUT2D eigenvalue weighted by molar-refractivity contribution is 6.31. The van der Waals surface area contributed by atoms with Gasteiger partial charge in [0.1, 0.15) is 17.0 Å². The molecule has 42 heavy (non-hydrogen) atoms. The van der Waals surface area contributed by atoms with Gasteiger partial charge >= 0.3 is 6.09 Å². The summed E-state index contributed by atoms with van der Waals surface area (Å²) in [5, 5.41) is 38.6. The van der Waals surface area contributed by atoms with E-state index in [4.69, 9.17) is 38.6 Å². The molecule has 5 atom stereocenters. The Morgan fingerprint density at radius 2 is 2.10 bits per heavy atom. The van der Waals surface area contributed by atoms with Crippen LogP contribution in [0, 0.1) is 28.4 Å². The minimum atomic E-state index is -1.84. The topological polar surface area (TPSA) is 163 Å². The van der Waals surface area contributed by atoms with Gasteiger partial charge in [-0.2, -0.15) is 5.26 Å². The van der Waals surface area contributed by atoms with E-state index < -0.39 is 59.5 Å². The van der Waals surface area contributed by atoms with E-state index in [1.165, 1.54) is 30.3 Å². The Hall–Kier alpha value is -3.17. The average Bonchev–Trinajstić information content (AvgIpc) is 3.22.